The first kappa shape index (κ1) is 32.7. The quantitative estimate of drug-likeness (QED) is 0.173. The molecule has 1 aliphatic heterocycles. The summed E-state index contributed by atoms with van der Waals surface area (Å²) >= 11 is 3.40. The lowest BCUT2D eigenvalue weighted by Crippen LogP contribution is -2.27. The Hall–Kier alpha value is -4.78. The number of rotatable bonds is 4. The van der Waals surface area contributed by atoms with Crippen LogP contribution in [0.5, 0.6) is 11.5 Å². The first-order valence-electron chi connectivity index (χ1n) is 13.8. The van der Waals surface area contributed by atoms with Gasteiger partial charge in [-0.15, -0.1) is 0 Å². The number of likely N-dealkylation sites (tertiary alicyclic amines) is 1. The molecule has 1 heterocycles. The number of benzene rings is 4. The van der Waals surface area contributed by atoms with Gasteiger partial charge in [0.15, 0.2) is 0 Å². The van der Waals surface area contributed by atoms with Crippen LogP contribution < -0.4 is 9.47 Å². The number of hydrogen-bond acceptors (Lipinski definition) is 4. The second-order valence-corrected chi connectivity index (χ2v) is 10.3. The molecule has 0 bridgehead atoms. The Bertz CT molecular complexity index is 1530. The van der Waals surface area contributed by atoms with E-state index in [2.05, 4.69) is 39.6 Å². The first-order valence-corrected chi connectivity index (χ1v) is 14.6. The molecule has 4 aromatic rings. The van der Waals surface area contributed by atoms with Gasteiger partial charge in [-0.25, -0.2) is 0 Å². The maximum atomic E-state index is 10.5. The van der Waals surface area contributed by atoms with Crippen molar-refractivity contribution in [3.8, 4) is 35.2 Å². The molecule has 5 rings (SSSR count). The predicted molar refractivity (Wildman–Crippen MR) is 175 cm³/mol. The molecule has 4 aromatic carbocycles. The topological polar surface area (TPSA) is 55.8 Å². The zero-order valence-electron chi connectivity index (χ0n) is 24.4. The van der Waals surface area contributed by atoms with E-state index in [0.717, 1.165) is 64.0 Å². The number of amides is 1. The first-order chi connectivity index (χ1) is 21.0. The number of halogens is 1. The van der Waals surface area contributed by atoms with Gasteiger partial charge in [-0.05, 0) is 104 Å². The Kier molecular flexibility index (Phi) is 14.2. The van der Waals surface area contributed by atoms with Gasteiger partial charge >= 0.3 is 0 Å². The fourth-order valence-electron chi connectivity index (χ4n) is 3.84. The van der Waals surface area contributed by atoms with Gasteiger partial charge in [0.1, 0.15) is 17.8 Å². The molecule has 43 heavy (non-hydrogen) atoms. The fourth-order valence-corrected chi connectivity index (χ4v) is 4.10. The Morgan fingerprint density at radius 1 is 0.581 bits per heavy atom. The molecule has 1 fully saturated rings. The van der Waals surface area contributed by atoms with Crippen molar-refractivity contribution in [1.29, 1.82) is 0 Å². The maximum absolute atomic E-state index is 10.5. The van der Waals surface area contributed by atoms with Gasteiger partial charge in [-0.2, -0.15) is 0 Å². The van der Waals surface area contributed by atoms with Gasteiger partial charge in [-0.3, -0.25) is 9.59 Å². The third-order valence-corrected chi connectivity index (χ3v) is 6.84. The summed E-state index contributed by atoms with van der Waals surface area (Å²) < 4.78 is 11.2. The molecule has 0 saturated carbocycles. The molecule has 0 aliphatic carbocycles. The highest BCUT2D eigenvalue weighted by molar-refractivity contribution is 9.10. The van der Waals surface area contributed by atoms with E-state index in [1.54, 1.807) is 26.4 Å². The van der Waals surface area contributed by atoms with Crippen LogP contribution in [0.25, 0.3) is 0 Å². The highest BCUT2D eigenvalue weighted by atomic mass is 79.9. The molecule has 6 heteroatoms. The van der Waals surface area contributed by atoms with Crippen LogP contribution >= 0.6 is 15.9 Å². The molecule has 0 radical (unpaired) electrons. The van der Waals surface area contributed by atoms with Crippen molar-refractivity contribution < 1.29 is 19.1 Å². The van der Waals surface area contributed by atoms with Crippen LogP contribution in [0.3, 0.4) is 0 Å². The van der Waals surface area contributed by atoms with Crippen molar-refractivity contribution in [2.24, 2.45) is 0 Å². The summed E-state index contributed by atoms with van der Waals surface area (Å²) in [7, 11) is 3.29. The molecule has 0 aromatic heterocycles. The molecule has 1 amide bonds. The number of hydrogen-bond donors (Lipinski definition) is 0. The summed E-state index contributed by atoms with van der Waals surface area (Å²) in [4.78, 5) is 22.4. The molecule has 0 atom stereocenters. The Morgan fingerprint density at radius 3 is 1.28 bits per heavy atom. The Morgan fingerprint density at radius 2 is 0.953 bits per heavy atom. The summed E-state index contributed by atoms with van der Waals surface area (Å²) in [5, 5.41) is 0. The van der Waals surface area contributed by atoms with Crippen LogP contribution in [0, 0.1) is 23.7 Å². The molecule has 218 valence electrons. The fraction of sp³-hybridized carbons (Fsp3) is 0.189. The number of nitrogens with zero attached hydrogens (tertiary/aromatic N) is 1. The number of carbonyl (C=O) groups excluding carboxylic acids is 2. The number of aldehydes is 1. The highest BCUT2D eigenvalue weighted by Gasteiger charge is 2.05. The lowest BCUT2D eigenvalue weighted by molar-refractivity contribution is -0.118. The van der Waals surface area contributed by atoms with Crippen LogP contribution in [0.4, 0.5) is 0 Å². The van der Waals surface area contributed by atoms with Gasteiger partial charge in [0.05, 0.1) is 14.2 Å². The third-order valence-electron chi connectivity index (χ3n) is 6.31. The van der Waals surface area contributed by atoms with Gasteiger partial charge in [0.2, 0.25) is 6.41 Å². The van der Waals surface area contributed by atoms with Crippen molar-refractivity contribution in [3.05, 3.63) is 129 Å². The molecule has 0 unspecified atom stereocenters. The van der Waals surface area contributed by atoms with Crippen LogP contribution in [0.2, 0.25) is 0 Å². The number of carbonyl (C=O) groups is 2. The summed E-state index contributed by atoms with van der Waals surface area (Å²) in [5.74, 6) is 14.0. The van der Waals surface area contributed by atoms with Crippen LogP contribution in [-0.2, 0) is 4.79 Å². The van der Waals surface area contributed by atoms with E-state index in [-0.39, 0.29) is 0 Å². The average molecular weight is 637 g/mol. The van der Waals surface area contributed by atoms with E-state index in [9.17, 15) is 9.59 Å². The highest BCUT2D eigenvalue weighted by Crippen LogP contribution is 2.13. The second kappa shape index (κ2) is 18.6. The molecule has 0 N–H and O–H groups in total. The van der Waals surface area contributed by atoms with E-state index in [4.69, 9.17) is 9.47 Å². The Labute approximate surface area is 263 Å². The minimum atomic E-state index is 0.657. The zero-order valence-corrected chi connectivity index (χ0v) is 26.0. The molecule has 1 saturated heterocycles. The van der Waals surface area contributed by atoms with E-state index in [1.165, 1.54) is 19.3 Å². The summed E-state index contributed by atoms with van der Waals surface area (Å²) in [5.41, 5.74) is 4.45. The summed E-state index contributed by atoms with van der Waals surface area (Å²) in [6, 6.07) is 30.4. The average Bonchev–Trinajstić information content (AvgIpc) is 3.08. The summed E-state index contributed by atoms with van der Waals surface area (Å²) in [6.07, 6.45) is 5.45. The van der Waals surface area contributed by atoms with E-state index in [0.29, 0.717) is 5.56 Å². The zero-order chi connectivity index (χ0) is 30.7. The van der Waals surface area contributed by atoms with Crippen LogP contribution in [0.1, 0.15) is 51.9 Å². The molecular weight excluding hydrogens is 602 g/mol. The number of piperidine rings is 1. The minimum Gasteiger partial charge on any atom is -0.497 e. The molecular formula is C37H34BrNO4. The summed E-state index contributed by atoms with van der Waals surface area (Å²) in [6.45, 7) is 1.95. The third kappa shape index (κ3) is 12.3. The normalized spacial score (nSPS) is 11.4. The van der Waals surface area contributed by atoms with Crippen LogP contribution in [0.15, 0.2) is 102 Å². The molecule has 5 nitrogen and oxygen atoms in total. The number of methoxy groups -OCH3 is 2. The van der Waals surface area contributed by atoms with Crippen molar-refractivity contribution in [3.63, 3.8) is 0 Å². The maximum Gasteiger partial charge on any atom is 0.209 e. The van der Waals surface area contributed by atoms with Gasteiger partial charge < -0.3 is 14.4 Å². The van der Waals surface area contributed by atoms with Gasteiger partial charge in [-0.1, -0.05) is 51.7 Å². The predicted octanol–water partition coefficient (Wildman–Crippen LogP) is 7.39. The van der Waals surface area contributed by atoms with E-state index >= 15 is 0 Å². The SMILES string of the molecule is COc1ccc(C#Cc2ccc(Br)cc2)cc1.COc1ccc(C#Cc2ccc(C=O)cc2)cc1.O=CN1CCCCC1. The minimum absolute atomic E-state index is 0.657. The van der Waals surface area contributed by atoms with Gasteiger partial charge in [0, 0.05) is 45.4 Å². The Balaban J connectivity index is 0.000000189. The molecule has 1 aliphatic rings. The number of ether oxygens (including phenoxy) is 2. The van der Waals surface area contributed by atoms with Crippen molar-refractivity contribution in [1.82, 2.24) is 4.90 Å². The van der Waals surface area contributed by atoms with Crippen LogP contribution in [-0.4, -0.2) is 44.9 Å². The largest absolute Gasteiger partial charge is 0.497 e. The second-order valence-electron chi connectivity index (χ2n) is 9.41. The lowest BCUT2D eigenvalue weighted by Gasteiger charge is -2.21. The molecule has 0 spiro atoms. The van der Waals surface area contributed by atoms with Crippen molar-refractivity contribution in [2.45, 2.75) is 19.3 Å². The van der Waals surface area contributed by atoms with Crippen molar-refractivity contribution >= 4 is 28.6 Å². The monoisotopic (exact) mass is 635 g/mol. The van der Waals surface area contributed by atoms with Crippen molar-refractivity contribution in [2.75, 3.05) is 27.3 Å². The van der Waals surface area contributed by atoms with Gasteiger partial charge in [0.25, 0.3) is 0 Å². The van der Waals surface area contributed by atoms with E-state index in [1.807, 2.05) is 89.8 Å². The standard InChI is InChI=1S/C16H12O2.C15H11BrO.C6H11NO/c1-18-16-10-8-14(9-11-16)3-2-13-4-6-15(12-17)7-5-13;1-17-15-10-6-13(7-11-15)3-2-12-4-8-14(16)9-5-12;8-6-7-4-2-1-3-5-7/h4-12H,1H3;4-11H,1H3;6H,1-5H2. The smallest absolute Gasteiger partial charge is 0.209 e. The van der Waals surface area contributed by atoms with E-state index < -0.39 is 0 Å². The lowest BCUT2D eigenvalue weighted by atomic mass is 10.1.